The van der Waals surface area contributed by atoms with Gasteiger partial charge in [-0.25, -0.2) is 9.37 Å². The lowest BCUT2D eigenvalue weighted by atomic mass is 10.2. The van der Waals surface area contributed by atoms with Crippen molar-refractivity contribution in [2.75, 3.05) is 0 Å². The van der Waals surface area contributed by atoms with E-state index < -0.39 is 5.82 Å². The molecule has 5 heteroatoms. The summed E-state index contributed by atoms with van der Waals surface area (Å²) in [6.45, 7) is 2.42. The minimum Gasteiger partial charge on any atom is -0.508 e. The molecule has 0 bridgehead atoms. The summed E-state index contributed by atoms with van der Waals surface area (Å²) in [6, 6.07) is 4.04. The Bertz CT molecular complexity index is 464. The molecule has 1 atom stereocenters. The van der Waals surface area contributed by atoms with Gasteiger partial charge in [-0.2, -0.15) is 0 Å². The molecule has 1 aromatic heterocycles. The van der Waals surface area contributed by atoms with Gasteiger partial charge in [0.25, 0.3) is 0 Å². The van der Waals surface area contributed by atoms with E-state index in [1.165, 1.54) is 12.1 Å². The van der Waals surface area contributed by atoms with Crippen molar-refractivity contribution in [3.63, 3.8) is 0 Å². The van der Waals surface area contributed by atoms with Gasteiger partial charge in [-0.3, -0.25) is 0 Å². The Morgan fingerprint density at radius 1 is 1.47 bits per heavy atom. The molecule has 0 saturated heterocycles. The third kappa shape index (κ3) is 3.04. The van der Waals surface area contributed by atoms with E-state index in [0.29, 0.717) is 12.1 Å². The van der Waals surface area contributed by atoms with Crippen LogP contribution in [-0.2, 0) is 6.54 Å². The molecule has 0 aliphatic rings. The fourth-order valence-corrected chi connectivity index (χ4v) is 1.62. The molecule has 0 amide bonds. The quantitative estimate of drug-likeness (QED) is 0.760. The Morgan fingerprint density at radius 3 is 2.94 bits per heavy atom. The number of aromatic amines is 1. The van der Waals surface area contributed by atoms with E-state index in [1.807, 2.05) is 6.92 Å². The van der Waals surface area contributed by atoms with Crippen LogP contribution in [0.5, 0.6) is 5.75 Å². The van der Waals surface area contributed by atoms with Crippen LogP contribution in [0.25, 0.3) is 0 Å². The zero-order valence-electron chi connectivity index (χ0n) is 9.44. The molecule has 17 heavy (non-hydrogen) atoms. The van der Waals surface area contributed by atoms with Gasteiger partial charge in [0.2, 0.25) is 0 Å². The highest BCUT2D eigenvalue weighted by Gasteiger charge is 2.07. The number of aromatic nitrogens is 2. The molecule has 0 fully saturated rings. The first kappa shape index (κ1) is 11.6. The van der Waals surface area contributed by atoms with Crippen molar-refractivity contribution in [2.45, 2.75) is 19.5 Å². The molecule has 1 aromatic carbocycles. The van der Waals surface area contributed by atoms with Crippen LogP contribution in [0.3, 0.4) is 0 Å². The van der Waals surface area contributed by atoms with Crippen LogP contribution in [-0.4, -0.2) is 15.1 Å². The third-order valence-corrected chi connectivity index (χ3v) is 2.48. The third-order valence-electron chi connectivity index (χ3n) is 2.48. The van der Waals surface area contributed by atoms with E-state index in [4.69, 9.17) is 0 Å². The largest absolute Gasteiger partial charge is 0.508 e. The molecular weight excluding hydrogens is 221 g/mol. The van der Waals surface area contributed by atoms with Crippen molar-refractivity contribution in [1.29, 1.82) is 0 Å². The smallest absolute Gasteiger partial charge is 0.127 e. The number of halogens is 1. The van der Waals surface area contributed by atoms with Crippen molar-refractivity contribution in [2.24, 2.45) is 0 Å². The molecule has 1 heterocycles. The molecule has 2 aromatic rings. The van der Waals surface area contributed by atoms with Gasteiger partial charge < -0.3 is 15.4 Å². The van der Waals surface area contributed by atoms with Crippen LogP contribution >= 0.6 is 0 Å². The molecule has 3 N–H and O–H groups in total. The molecule has 0 radical (unpaired) electrons. The zero-order chi connectivity index (χ0) is 12.3. The highest BCUT2D eigenvalue weighted by molar-refractivity contribution is 5.28. The number of nitrogens with one attached hydrogen (secondary N) is 2. The topological polar surface area (TPSA) is 60.9 Å². The van der Waals surface area contributed by atoms with Crippen molar-refractivity contribution in [1.82, 2.24) is 15.3 Å². The number of nitrogens with zero attached hydrogens (tertiary/aromatic N) is 1. The van der Waals surface area contributed by atoms with Gasteiger partial charge >= 0.3 is 0 Å². The minimum atomic E-state index is -0.438. The van der Waals surface area contributed by atoms with Gasteiger partial charge in [0, 0.05) is 25.0 Å². The Balaban J connectivity index is 1.98. The number of rotatable bonds is 4. The number of hydrogen-bond donors (Lipinski definition) is 3. The lowest BCUT2D eigenvalue weighted by molar-refractivity contribution is 0.466. The van der Waals surface area contributed by atoms with Gasteiger partial charge in [0.05, 0.1) is 6.04 Å². The van der Waals surface area contributed by atoms with E-state index in [1.54, 1.807) is 12.4 Å². The number of benzene rings is 1. The minimum absolute atomic E-state index is 0.0374. The Labute approximate surface area is 98.5 Å². The van der Waals surface area contributed by atoms with E-state index >= 15 is 0 Å². The standard InChI is InChI=1S/C12H14FN3O/c1-8(12-14-2-3-15-12)16-7-9-4-10(13)6-11(17)5-9/h2-6,8,16-17H,7H2,1H3,(H,14,15). The van der Waals surface area contributed by atoms with Crippen molar-refractivity contribution in [3.05, 3.63) is 47.8 Å². The fraction of sp³-hybridized carbons (Fsp3) is 0.250. The lowest BCUT2D eigenvalue weighted by Gasteiger charge is -2.11. The molecule has 2 rings (SSSR count). The number of H-pyrrole nitrogens is 1. The molecule has 90 valence electrons. The van der Waals surface area contributed by atoms with Crippen molar-refractivity contribution in [3.8, 4) is 5.75 Å². The Kier molecular flexibility index (Phi) is 3.39. The summed E-state index contributed by atoms with van der Waals surface area (Å²) in [7, 11) is 0. The predicted molar refractivity (Wildman–Crippen MR) is 61.9 cm³/mol. The number of phenols is 1. The molecule has 0 spiro atoms. The summed E-state index contributed by atoms with van der Waals surface area (Å²) >= 11 is 0. The number of phenolic OH excluding ortho intramolecular Hbond substituents is 1. The highest BCUT2D eigenvalue weighted by Crippen LogP contribution is 2.15. The normalized spacial score (nSPS) is 12.6. The van der Waals surface area contributed by atoms with Gasteiger partial charge in [0.1, 0.15) is 17.4 Å². The maximum atomic E-state index is 13.0. The van der Waals surface area contributed by atoms with E-state index in [9.17, 15) is 9.50 Å². The Hall–Kier alpha value is -1.88. The van der Waals surface area contributed by atoms with Crippen LogP contribution in [0, 0.1) is 5.82 Å². The average Bonchev–Trinajstić information content (AvgIpc) is 2.78. The average molecular weight is 235 g/mol. The first-order valence-corrected chi connectivity index (χ1v) is 5.36. The number of imidazole rings is 1. The monoisotopic (exact) mass is 235 g/mol. The van der Waals surface area contributed by atoms with Crippen LogP contribution in [0.2, 0.25) is 0 Å². The van der Waals surface area contributed by atoms with Crippen LogP contribution in [0.15, 0.2) is 30.6 Å². The summed E-state index contributed by atoms with van der Waals surface area (Å²) in [5.74, 6) is 0.325. The van der Waals surface area contributed by atoms with Gasteiger partial charge in [-0.05, 0) is 24.6 Å². The van der Waals surface area contributed by atoms with Gasteiger partial charge in [-0.1, -0.05) is 0 Å². The SMILES string of the molecule is CC(NCc1cc(O)cc(F)c1)c1ncc[nH]1. The summed E-state index contributed by atoms with van der Waals surface area (Å²) < 4.78 is 13.0. The zero-order valence-corrected chi connectivity index (χ0v) is 9.44. The molecular formula is C12H14FN3O. The summed E-state index contributed by atoms with van der Waals surface area (Å²) in [5.41, 5.74) is 0.695. The maximum Gasteiger partial charge on any atom is 0.127 e. The van der Waals surface area contributed by atoms with E-state index in [2.05, 4.69) is 15.3 Å². The van der Waals surface area contributed by atoms with Gasteiger partial charge in [0.15, 0.2) is 0 Å². The van der Waals surface area contributed by atoms with Gasteiger partial charge in [-0.15, -0.1) is 0 Å². The number of hydrogen-bond acceptors (Lipinski definition) is 3. The summed E-state index contributed by atoms with van der Waals surface area (Å²) in [4.78, 5) is 7.12. The summed E-state index contributed by atoms with van der Waals surface area (Å²) in [6.07, 6.45) is 3.43. The van der Waals surface area contributed by atoms with E-state index in [0.717, 1.165) is 11.9 Å². The Morgan fingerprint density at radius 2 is 2.29 bits per heavy atom. The molecule has 0 aliphatic carbocycles. The van der Waals surface area contributed by atoms with Crippen LogP contribution in [0.1, 0.15) is 24.4 Å². The molecule has 1 unspecified atom stereocenters. The van der Waals surface area contributed by atoms with Crippen molar-refractivity contribution >= 4 is 0 Å². The van der Waals surface area contributed by atoms with Crippen molar-refractivity contribution < 1.29 is 9.50 Å². The highest BCUT2D eigenvalue weighted by atomic mass is 19.1. The summed E-state index contributed by atoms with van der Waals surface area (Å²) in [5, 5.41) is 12.4. The maximum absolute atomic E-state index is 13.0. The second-order valence-electron chi connectivity index (χ2n) is 3.89. The molecule has 0 saturated carbocycles. The molecule has 0 aliphatic heterocycles. The second kappa shape index (κ2) is 4.97. The molecule has 4 nitrogen and oxygen atoms in total. The lowest BCUT2D eigenvalue weighted by Crippen LogP contribution is -2.19. The number of aromatic hydroxyl groups is 1. The first-order valence-electron chi connectivity index (χ1n) is 5.36. The van der Waals surface area contributed by atoms with Crippen LogP contribution in [0.4, 0.5) is 4.39 Å². The van der Waals surface area contributed by atoms with Crippen LogP contribution < -0.4 is 5.32 Å². The second-order valence-corrected chi connectivity index (χ2v) is 3.89. The predicted octanol–water partition coefficient (Wildman–Crippen LogP) is 2.11. The van der Waals surface area contributed by atoms with E-state index in [-0.39, 0.29) is 11.8 Å². The first-order chi connectivity index (χ1) is 8.15. The fourth-order valence-electron chi connectivity index (χ4n) is 1.62.